The first-order chi connectivity index (χ1) is 17.9. The Labute approximate surface area is 213 Å². The molecule has 0 spiro atoms. The van der Waals surface area contributed by atoms with E-state index in [-0.39, 0.29) is 53.0 Å². The monoisotopic (exact) mass is 512 g/mol. The number of amides is 2. The summed E-state index contributed by atoms with van der Waals surface area (Å²) in [6.45, 7) is 8.33. The Bertz CT molecular complexity index is 1240. The van der Waals surface area contributed by atoms with Crippen molar-refractivity contribution in [1.82, 2.24) is 15.2 Å². The normalized spacial score (nSPS) is 21.3. The van der Waals surface area contributed by atoms with Gasteiger partial charge in [0, 0.05) is 49.5 Å². The zero-order chi connectivity index (χ0) is 26.1. The summed E-state index contributed by atoms with van der Waals surface area (Å²) in [6, 6.07) is 4.69. The van der Waals surface area contributed by atoms with Gasteiger partial charge in [-0.25, -0.2) is 13.8 Å². The molecule has 4 heterocycles. The molecular weight excluding hydrogens is 482 g/mol. The Kier molecular flexibility index (Phi) is 6.96. The largest absolute Gasteiger partial charge is 0.377 e. The van der Waals surface area contributed by atoms with E-state index < -0.39 is 17.5 Å². The number of anilines is 4. The van der Waals surface area contributed by atoms with Crippen molar-refractivity contribution in [2.24, 2.45) is 0 Å². The maximum atomic E-state index is 15.4. The van der Waals surface area contributed by atoms with Crippen molar-refractivity contribution < 1.29 is 23.1 Å². The fourth-order valence-corrected chi connectivity index (χ4v) is 5.11. The summed E-state index contributed by atoms with van der Waals surface area (Å²) < 4.78 is 36.0. The average Bonchev–Trinajstić information content (AvgIpc) is 3.30. The maximum absolute atomic E-state index is 15.4. The van der Waals surface area contributed by atoms with Crippen LogP contribution >= 0.6 is 0 Å². The summed E-state index contributed by atoms with van der Waals surface area (Å²) in [5.74, 6) is -1.80. The second-order valence-corrected chi connectivity index (χ2v) is 9.54. The summed E-state index contributed by atoms with van der Waals surface area (Å²) in [7, 11) is 0. The van der Waals surface area contributed by atoms with Gasteiger partial charge in [0.25, 0.3) is 5.91 Å². The van der Waals surface area contributed by atoms with Crippen LogP contribution in [0.3, 0.4) is 0 Å². The minimum atomic E-state index is -0.636. The zero-order valence-electron chi connectivity index (χ0n) is 20.7. The number of halogens is 2. The number of piperidine rings is 1. The molecule has 1 aromatic heterocycles. The smallest absolute Gasteiger partial charge is 0.255 e. The number of carbonyl (C=O) groups is 2. The Morgan fingerprint density at radius 1 is 1.30 bits per heavy atom. The van der Waals surface area contributed by atoms with Crippen LogP contribution in [0.4, 0.5) is 31.8 Å². The first-order valence-corrected chi connectivity index (χ1v) is 12.4. The standard InChI is InChI=1S/C26H30F2N6O3/c1-3-21(35)33-8-4-5-16(13-33)30-25-23(28)18-12-29-26(36)22(18)24(32-25)31-20-7-6-17(11-19(20)27)34-9-10-37-14-15(34)2/h3,6-7,11,15-16H,1,4-5,8-10,12-14H2,2H3,(H,29,36)(H2,30,31,32)/t15-,16+/m0/s1. The third-order valence-corrected chi connectivity index (χ3v) is 7.04. The quantitative estimate of drug-likeness (QED) is 0.512. The SMILES string of the molecule is C=CC(=O)N1CCC[C@@H](Nc2nc(Nc3ccc(N4CCOC[C@@H]4C)cc3F)c3c(c2F)CNC3=O)C1. The molecule has 9 nitrogen and oxygen atoms in total. The number of hydrogen-bond donors (Lipinski definition) is 3. The molecule has 5 rings (SSSR count). The van der Waals surface area contributed by atoms with Gasteiger partial charge in [0.2, 0.25) is 5.91 Å². The number of rotatable bonds is 6. The second-order valence-electron chi connectivity index (χ2n) is 9.54. The number of ether oxygens (including phenoxy) is 1. The van der Waals surface area contributed by atoms with Crippen molar-refractivity contribution in [3.63, 3.8) is 0 Å². The Morgan fingerprint density at radius 2 is 2.14 bits per heavy atom. The summed E-state index contributed by atoms with van der Waals surface area (Å²) in [5, 5.41) is 8.63. The van der Waals surface area contributed by atoms with Crippen LogP contribution in [0.15, 0.2) is 30.9 Å². The molecule has 2 fully saturated rings. The second kappa shape index (κ2) is 10.3. The zero-order valence-corrected chi connectivity index (χ0v) is 20.7. The van der Waals surface area contributed by atoms with E-state index in [1.807, 2.05) is 6.92 Å². The molecule has 0 saturated carbocycles. The van der Waals surface area contributed by atoms with Crippen LogP contribution in [-0.4, -0.2) is 66.6 Å². The third-order valence-electron chi connectivity index (χ3n) is 7.04. The highest BCUT2D eigenvalue weighted by molar-refractivity contribution is 6.03. The first kappa shape index (κ1) is 24.9. The maximum Gasteiger partial charge on any atom is 0.255 e. The van der Waals surface area contributed by atoms with Gasteiger partial charge < -0.3 is 30.5 Å². The Balaban J connectivity index is 1.42. The molecule has 0 bridgehead atoms. The van der Waals surface area contributed by atoms with E-state index in [0.29, 0.717) is 32.8 Å². The molecule has 196 valence electrons. The number of nitrogens with one attached hydrogen (secondary N) is 3. The van der Waals surface area contributed by atoms with Crippen molar-refractivity contribution in [2.45, 2.75) is 38.4 Å². The van der Waals surface area contributed by atoms with Gasteiger partial charge in [0.15, 0.2) is 11.6 Å². The van der Waals surface area contributed by atoms with Crippen LogP contribution in [0.1, 0.15) is 35.7 Å². The fraction of sp³-hybridized carbons (Fsp3) is 0.423. The molecule has 2 saturated heterocycles. The molecule has 3 aliphatic rings. The lowest BCUT2D eigenvalue weighted by Gasteiger charge is -2.35. The van der Waals surface area contributed by atoms with E-state index in [0.717, 1.165) is 18.5 Å². The first-order valence-electron chi connectivity index (χ1n) is 12.4. The average molecular weight is 513 g/mol. The molecule has 0 aliphatic carbocycles. The van der Waals surface area contributed by atoms with Crippen LogP contribution < -0.4 is 20.9 Å². The molecule has 0 unspecified atom stereocenters. The van der Waals surface area contributed by atoms with Crippen molar-refractivity contribution in [3.05, 3.63) is 53.6 Å². The number of fused-ring (bicyclic) bond motifs is 1. The number of pyridine rings is 1. The number of morpholine rings is 1. The van der Waals surface area contributed by atoms with Crippen LogP contribution in [0.5, 0.6) is 0 Å². The highest BCUT2D eigenvalue weighted by Gasteiger charge is 2.32. The van der Waals surface area contributed by atoms with E-state index in [9.17, 15) is 9.59 Å². The van der Waals surface area contributed by atoms with Crippen LogP contribution in [0, 0.1) is 11.6 Å². The molecule has 3 N–H and O–H groups in total. The van der Waals surface area contributed by atoms with Crippen LogP contribution in [0.25, 0.3) is 0 Å². The lowest BCUT2D eigenvalue weighted by molar-refractivity contribution is -0.127. The highest BCUT2D eigenvalue weighted by atomic mass is 19.1. The Morgan fingerprint density at radius 3 is 2.89 bits per heavy atom. The van der Waals surface area contributed by atoms with Gasteiger partial charge in [0.1, 0.15) is 11.6 Å². The summed E-state index contributed by atoms with van der Waals surface area (Å²) >= 11 is 0. The molecule has 1 aromatic carbocycles. The van der Waals surface area contributed by atoms with E-state index in [1.54, 1.807) is 17.0 Å². The third kappa shape index (κ3) is 4.95. The van der Waals surface area contributed by atoms with Gasteiger partial charge in [-0.2, -0.15) is 0 Å². The number of hydrogen-bond acceptors (Lipinski definition) is 7. The minimum absolute atomic E-state index is 0.00790. The molecular formula is C26H30F2N6O3. The predicted octanol–water partition coefficient (Wildman–Crippen LogP) is 3.16. The molecule has 37 heavy (non-hydrogen) atoms. The summed E-state index contributed by atoms with van der Waals surface area (Å²) in [6.07, 6.45) is 2.72. The molecule has 11 heteroatoms. The minimum Gasteiger partial charge on any atom is -0.377 e. The molecule has 3 aliphatic heterocycles. The van der Waals surface area contributed by atoms with Gasteiger partial charge in [-0.3, -0.25) is 9.59 Å². The predicted molar refractivity (Wildman–Crippen MR) is 136 cm³/mol. The van der Waals surface area contributed by atoms with Crippen LogP contribution in [0.2, 0.25) is 0 Å². The van der Waals surface area contributed by atoms with E-state index in [1.165, 1.54) is 12.1 Å². The molecule has 2 aromatic rings. The van der Waals surface area contributed by atoms with E-state index in [4.69, 9.17) is 4.74 Å². The van der Waals surface area contributed by atoms with Crippen molar-refractivity contribution in [2.75, 3.05) is 48.4 Å². The van der Waals surface area contributed by atoms with Gasteiger partial charge in [-0.05, 0) is 44.0 Å². The number of carbonyl (C=O) groups excluding carboxylic acids is 2. The molecule has 2 atom stereocenters. The van der Waals surface area contributed by atoms with Gasteiger partial charge in [0.05, 0.1) is 24.5 Å². The lowest BCUT2D eigenvalue weighted by Crippen LogP contribution is -2.44. The van der Waals surface area contributed by atoms with Crippen molar-refractivity contribution >= 4 is 34.8 Å². The fourth-order valence-electron chi connectivity index (χ4n) is 5.11. The topological polar surface area (TPSA) is 98.8 Å². The molecule has 2 amide bonds. The summed E-state index contributed by atoms with van der Waals surface area (Å²) in [4.78, 5) is 32.6. The highest BCUT2D eigenvalue weighted by Crippen LogP contribution is 2.34. The number of benzene rings is 1. The van der Waals surface area contributed by atoms with Crippen molar-refractivity contribution in [3.8, 4) is 0 Å². The van der Waals surface area contributed by atoms with Crippen molar-refractivity contribution in [1.29, 1.82) is 0 Å². The number of likely N-dealkylation sites (tertiary alicyclic amines) is 1. The van der Waals surface area contributed by atoms with Gasteiger partial charge in [-0.1, -0.05) is 6.58 Å². The Hall–Kier alpha value is -3.73. The molecule has 0 radical (unpaired) electrons. The summed E-state index contributed by atoms with van der Waals surface area (Å²) in [5.41, 5.74) is 1.07. The van der Waals surface area contributed by atoms with Crippen LogP contribution in [-0.2, 0) is 16.1 Å². The van der Waals surface area contributed by atoms with Gasteiger partial charge >= 0.3 is 0 Å². The van der Waals surface area contributed by atoms with E-state index in [2.05, 4.69) is 32.4 Å². The number of aromatic nitrogens is 1. The lowest BCUT2D eigenvalue weighted by atomic mass is 10.0. The van der Waals surface area contributed by atoms with Gasteiger partial charge in [-0.15, -0.1) is 0 Å². The van der Waals surface area contributed by atoms with E-state index >= 15 is 8.78 Å². The number of nitrogens with zero attached hydrogens (tertiary/aromatic N) is 3.